The smallest absolute Gasteiger partial charge is 0.232 e. The van der Waals surface area contributed by atoms with Gasteiger partial charge in [-0.3, -0.25) is 14.6 Å². The van der Waals surface area contributed by atoms with Gasteiger partial charge in [0.05, 0.1) is 23.9 Å². The maximum atomic E-state index is 12.8. The average Bonchev–Trinajstić information content (AvgIpc) is 3.46. The number of carbonyl (C=O) groups is 2. The summed E-state index contributed by atoms with van der Waals surface area (Å²) < 4.78 is 0. The Morgan fingerprint density at radius 1 is 1.20 bits per heavy atom. The average molecular weight is 359 g/mol. The fraction of sp³-hybridized carbons (Fsp3) is 0.632. The molecule has 6 heteroatoms. The van der Waals surface area contributed by atoms with E-state index in [1.54, 1.807) is 18.0 Å². The first kappa shape index (κ1) is 16.9. The van der Waals surface area contributed by atoms with Gasteiger partial charge in [0.1, 0.15) is 0 Å². The number of carbonyl (C=O) groups excluding carboxylic acids is 2. The molecule has 4 fully saturated rings. The minimum absolute atomic E-state index is 0.0418. The van der Waals surface area contributed by atoms with Gasteiger partial charge in [0.2, 0.25) is 11.8 Å². The summed E-state index contributed by atoms with van der Waals surface area (Å²) >= 11 is 1.76. The number of hydrogen-bond acceptors (Lipinski definition) is 4. The van der Waals surface area contributed by atoms with Crippen LogP contribution in [0.25, 0.3) is 0 Å². The standard InChI is InChI=1S/C19H25N3O2S/c23-18(13-25-12-14-4-5-14)21-9-15-6-7-17(11-21)22(19(15)24)10-16-3-1-2-8-20-16/h1-3,8,14-15,17H,4-7,9-13H2/t15-,17+/m1/s1. The minimum atomic E-state index is -0.0418. The zero-order chi connectivity index (χ0) is 17.2. The quantitative estimate of drug-likeness (QED) is 0.781. The zero-order valence-electron chi connectivity index (χ0n) is 14.5. The second-order valence-electron chi connectivity index (χ2n) is 7.47. The molecular formula is C19H25N3O2S. The maximum Gasteiger partial charge on any atom is 0.232 e. The highest BCUT2D eigenvalue weighted by molar-refractivity contribution is 7.99. The second kappa shape index (κ2) is 7.36. The molecule has 2 atom stereocenters. The molecule has 1 aromatic heterocycles. The molecular weight excluding hydrogens is 334 g/mol. The molecule has 2 amide bonds. The first-order chi connectivity index (χ1) is 12.2. The van der Waals surface area contributed by atoms with Gasteiger partial charge in [-0.25, -0.2) is 0 Å². The highest BCUT2D eigenvalue weighted by Gasteiger charge is 2.41. The zero-order valence-corrected chi connectivity index (χ0v) is 15.3. The van der Waals surface area contributed by atoms with Crippen LogP contribution in [0.15, 0.2) is 24.4 Å². The van der Waals surface area contributed by atoms with Crippen molar-refractivity contribution in [3.8, 4) is 0 Å². The summed E-state index contributed by atoms with van der Waals surface area (Å²) in [5.74, 6) is 2.87. The molecule has 134 valence electrons. The third-order valence-electron chi connectivity index (χ3n) is 5.48. The molecule has 2 bridgehead atoms. The largest absolute Gasteiger partial charge is 0.339 e. The molecule has 1 aromatic rings. The van der Waals surface area contributed by atoms with Crippen molar-refractivity contribution >= 4 is 23.6 Å². The fourth-order valence-corrected chi connectivity index (χ4v) is 4.95. The SMILES string of the molecule is O=C(CSCC1CC1)N1C[C@H]2CC[C@@H](C1)N(Cc1ccccn1)C2=O. The lowest BCUT2D eigenvalue weighted by atomic mass is 9.94. The number of pyridine rings is 1. The summed E-state index contributed by atoms with van der Waals surface area (Å²) in [4.78, 5) is 33.7. The lowest BCUT2D eigenvalue weighted by molar-refractivity contribution is -0.140. The van der Waals surface area contributed by atoms with Gasteiger partial charge in [-0.05, 0) is 49.5 Å². The van der Waals surface area contributed by atoms with Crippen LogP contribution >= 0.6 is 11.8 Å². The Bertz CT molecular complexity index is 635. The van der Waals surface area contributed by atoms with Crippen LogP contribution in [0.2, 0.25) is 0 Å². The van der Waals surface area contributed by atoms with E-state index in [4.69, 9.17) is 0 Å². The van der Waals surface area contributed by atoms with Gasteiger partial charge in [0.25, 0.3) is 0 Å². The van der Waals surface area contributed by atoms with Crippen LogP contribution in [0.1, 0.15) is 31.4 Å². The molecule has 3 aliphatic heterocycles. The van der Waals surface area contributed by atoms with E-state index in [-0.39, 0.29) is 23.8 Å². The van der Waals surface area contributed by atoms with Crippen molar-refractivity contribution < 1.29 is 9.59 Å². The lowest BCUT2D eigenvalue weighted by Crippen LogP contribution is -2.47. The van der Waals surface area contributed by atoms with Gasteiger partial charge < -0.3 is 9.80 Å². The third kappa shape index (κ3) is 4.00. The van der Waals surface area contributed by atoms with Gasteiger partial charge in [-0.15, -0.1) is 0 Å². The molecule has 4 heterocycles. The van der Waals surface area contributed by atoms with Crippen molar-refractivity contribution in [1.82, 2.24) is 14.8 Å². The number of fused-ring (bicyclic) bond motifs is 4. The Balaban J connectivity index is 1.40. The van der Waals surface area contributed by atoms with E-state index in [1.807, 2.05) is 28.0 Å². The van der Waals surface area contributed by atoms with Crippen molar-refractivity contribution in [3.63, 3.8) is 0 Å². The third-order valence-corrected chi connectivity index (χ3v) is 6.64. The van der Waals surface area contributed by atoms with Gasteiger partial charge in [-0.1, -0.05) is 6.07 Å². The van der Waals surface area contributed by atoms with Crippen molar-refractivity contribution in [1.29, 1.82) is 0 Å². The topological polar surface area (TPSA) is 53.5 Å². The molecule has 0 N–H and O–H groups in total. The second-order valence-corrected chi connectivity index (χ2v) is 8.50. The van der Waals surface area contributed by atoms with Crippen LogP contribution in [0, 0.1) is 11.8 Å². The molecule has 5 rings (SSSR count). The van der Waals surface area contributed by atoms with E-state index >= 15 is 0 Å². The molecule has 0 radical (unpaired) electrons. The summed E-state index contributed by atoms with van der Waals surface area (Å²) in [6.07, 6.45) is 6.31. The monoisotopic (exact) mass is 359 g/mol. The molecule has 1 aliphatic carbocycles. The first-order valence-electron chi connectivity index (χ1n) is 9.26. The van der Waals surface area contributed by atoms with Gasteiger partial charge in [0, 0.05) is 25.3 Å². The van der Waals surface area contributed by atoms with E-state index in [0.29, 0.717) is 25.4 Å². The fourth-order valence-electron chi connectivity index (χ4n) is 3.81. The minimum Gasteiger partial charge on any atom is -0.339 e. The van der Waals surface area contributed by atoms with Crippen LogP contribution in [-0.4, -0.2) is 57.2 Å². The number of amides is 2. The van der Waals surface area contributed by atoms with Gasteiger partial charge in [-0.2, -0.15) is 11.8 Å². The first-order valence-corrected chi connectivity index (χ1v) is 10.4. The van der Waals surface area contributed by atoms with Crippen molar-refractivity contribution in [2.75, 3.05) is 24.6 Å². The number of hydrogen-bond donors (Lipinski definition) is 0. The Hall–Kier alpha value is -1.56. The predicted molar refractivity (Wildman–Crippen MR) is 97.9 cm³/mol. The number of thioether (sulfide) groups is 1. The predicted octanol–water partition coefficient (Wildman–Crippen LogP) is 2.17. The van der Waals surface area contributed by atoms with Crippen molar-refractivity contribution in [3.05, 3.63) is 30.1 Å². The van der Waals surface area contributed by atoms with Crippen LogP contribution in [-0.2, 0) is 16.1 Å². The number of nitrogens with zero attached hydrogens (tertiary/aromatic N) is 3. The van der Waals surface area contributed by atoms with E-state index in [0.717, 1.165) is 30.2 Å². The summed E-state index contributed by atoms with van der Waals surface area (Å²) in [6, 6.07) is 5.93. The molecule has 3 saturated heterocycles. The highest BCUT2D eigenvalue weighted by Crippen LogP contribution is 2.33. The molecule has 0 unspecified atom stereocenters. The molecule has 1 saturated carbocycles. The summed E-state index contributed by atoms with van der Waals surface area (Å²) in [6.45, 7) is 1.83. The van der Waals surface area contributed by atoms with E-state index in [9.17, 15) is 9.59 Å². The lowest BCUT2D eigenvalue weighted by Gasteiger charge is -2.35. The number of piperidine rings is 1. The van der Waals surface area contributed by atoms with Crippen LogP contribution in [0.5, 0.6) is 0 Å². The van der Waals surface area contributed by atoms with Crippen LogP contribution in [0.3, 0.4) is 0 Å². The number of aromatic nitrogens is 1. The van der Waals surface area contributed by atoms with E-state index in [2.05, 4.69) is 4.98 Å². The molecule has 0 spiro atoms. The van der Waals surface area contributed by atoms with Crippen molar-refractivity contribution in [2.24, 2.45) is 11.8 Å². The Labute approximate surface area is 153 Å². The molecule has 0 aromatic carbocycles. The maximum absolute atomic E-state index is 12.8. The van der Waals surface area contributed by atoms with Gasteiger partial charge >= 0.3 is 0 Å². The van der Waals surface area contributed by atoms with Crippen LogP contribution in [0.4, 0.5) is 0 Å². The Kier molecular flexibility index (Phi) is 4.97. The van der Waals surface area contributed by atoms with Crippen LogP contribution < -0.4 is 0 Å². The van der Waals surface area contributed by atoms with Crippen molar-refractivity contribution in [2.45, 2.75) is 38.3 Å². The molecule has 5 nitrogen and oxygen atoms in total. The Morgan fingerprint density at radius 2 is 2.08 bits per heavy atom. The van der Waals surface area contributed by atoms with Gasteiger partial charge in [0.15, 0.2) is 0 Å². The summed E-state index contributed by atoms with van der Waals surface area (Å²) in [5.41, 5.74) is 0.918. The van der Waals surface area contributed by atoms with E-state index < -0.39 is 0 Å². The number of rotatable bonds is 6. The normalized spacial score (nSPS) is 26.0. The molecule has 25 heavy (non-hydrogen) atoms. The molecule has 4 aliphatic rings. The summed E-state index contributed by atoms with van der Waals surface area (Å²) in [7, 11) is 0. The van der Waals surface area contributed by atoms with E-state index in [1.165, 1.54) is 12.8 Å². The Morgan fingerprint density at radius 3 is 2.84 bits per heavy atom. The highest BCUT2D eigenvalue weighted by atomic mass is 32.2. The summed E-state index contributed by atoms with van der Waals surface area (Å²) in [5, 5.41) is 0.